The standard InChI is InChI=1S/C24H24N6O3S/c1-15-7-6-10-18(13-15)30-24(26-27-28-30)34-14-19-20(22(31)33-2)21(16-8-4-3-5-9-16)25-23(32)29(19)17-11-12-17/h3-10,13,17,21H,11-12,14H2,1-2H3,(H,25,32)/t21-/m0/s1. The molecule has 0 spiro atoms. The number of aryl methyl sites for hydroxylation is 1. The first-order chi connectivity index (χ1) is 16.6. The second kappa shape index (κ2) is 9.30. The highest BCUT2D eigenvalue weighted by Crippen LogP contribution is 2.40. The van der Waals surface area contributed by atoms with Crippen LogP contribution in [0.25, 0.3) is 5.69 Å². The summed E-state index contributed by atoms with van der Waals surface area (Å²) in [6.07, 6.45) is 1.79. The maximum Gasteiger partial charge on any atom is 0.338 e. The van der Waals surface area contributed by atoms with Gasteiger partial charge in [0.15, 0.2) is 0 Å². The molecular formula is C24H24N6O3S. The maximum atomic E-state index is 13.2. The molecule has 0 unspecified atom stereocenters. The third-order valence-corrected chi connectivity index (χ3v) is 6.78. The summed E-state index contributed by atoms with van der Waals surface area (Å²) in [6, 6.07) is 16.6. The van der Waals surface area contributed by atoms with Gasteiger partial charge in [-0.25, -0.2) is 9.59 Å². The summed E-state index contributed by atoms with van der Waals surface area (Å²) in [7, 11) is 1.36. The van der Waals surface area contributed by atoms with Gasteiger partial charge in [0.1, 0.15) is 0 Å². The Balaban J connectivity index is 1.54. The van der Waals surface area contributed by atoms with Crippen LogP contribution in [0, 0.1) is 6.92 Å². The number of carbonyl (C=O) groups is 2. The van der Waals surface area contributed by atoms with Gasteiger partial charge in [0.25, 0.3) is 0 Å². The van der Waals surface area contributed by atoms with Crippen molar-refractivity contribution < 1.29 is 14.3 Å². The van der Waals surface area contributed by atoms with E-state index in [1.807, 2.05) is 61.5 Å². The van der Waals surface area contributed by atoms with Crippen LogP contribution in [0.1, 0.15) is 30.0 Å². The molecule has 174 valence electrons. The predicted molar refractivity (Wildman–Crippen MR) is 126 cm³/mol. The van der Waals surface area contributed by atoms with E-state index < -0.39 is 12.0 Å². The molecule has 2 amide bonds. The van der Waals surface area contributed by atoms with Crippen LogP contribution in [0.4, 0.5) is 4.79 Å². The van der Waals surface area contributed by atoms with Gasteiger partial charge in [0.05, 0.1) is 24.4 Å². The molecule has 9 nitrogen and oxygen atoms in total. The Bertz CT molecular complexity index is 1250. The zero-order chi connectivity index (χ0) is 23.7. The Kier molecular flexibility index (Phi) is 6.06. The molecule has 0 radical (unpaired) electrons. The highest BCUT2D eigenvalue weighted by atomic mass is 32.2. The molecule has 1 atom stereocenters. The van der Waals surface area contributed by atoms with Crippen LogP contribution < -0.4 is 5.32 Å². The normalized spacial score (nSPS) is 18.1. The fourth-order valence-corrected chi connectivity index (χ4v) is 5.03. The van der Waals surface area contributed by atoms with Gasteiger partial charge in [-0.15, -0.1) is 5.10 Å². The Morgan fingerprint density at radius 1 is 1.18 bits per heavy atom. The monoisotopic (exact) mass is 476 g/mol. The van der Waals surface area contributed by atoms with Crippen LogP contribution in [-0.4, -0.2) is 56.0 Å². The number of carbonyl (C=O) groups excluding carboxylic acids is 2. The van der Waals surface area contributed by atoms with Crippen molar-refractivity contribution >= 4 is 23.8 Å². The molecule has 0 saturated heterocycles. The van der Waals surface area contributed by atoms with Crippen LogP contribution in [0.3, 0.4) is 0 Å². The summed E-state index contributed by atoms with van der Waals surface area (Å²) in [6.45, 7) is 2.01. The summed E-state index contributed by atoms with van der Waals surface area (Å²) in [5.41, 5.74) is 3.82. The van der Waals surface area contributed by atoms with Gasteiger partial charge >= 0.3 is 12.0 Å². The number of methoxy groups -OCH3 is 1. The number of thioether (sulfide) groups is 1. The number of aromatic nitrogens is 4. The number of urea groups is 1. The van der Waals surface area contributed by atoms with Crippen molar-refractivity contribution in [2.45, 2.75) is 37.0 Å². The van der Waals surface area contributed by atoms with Gasteiger partial charge in [0.2, 0.25) is 5.16 Å². The zero-order valence-electron chi connectivity index (χ0n) is 18.8. The minimum absolute atomic E-state index is 0.0692. The summed E-state index contributed by atoms with van der Waals surface area (Å²) in [5, 5.41) is 15.8. The van der Waals surface area contributed by atoms with Gasteiger partial charge in [0, 0.05) is 17.5 Å². The first-order valence-corrected chi connectivity index (χ1v) is 12.0. The number of tetrazole rings is 1. The number of nitrogens with one attached hydrogen (secondary N) is 1. The molecule has 1 saturated carbocycles. The summed E-state index contributed by atoms with van der Waals surface area (Å²) in [5.74, 6) is -0.127. The molecule has 1 N–H and O–H groups in total. The van der Waals surface area contributed by atoms with Crippen molar-refractivity contribution in [1.82, 2.24) is 30.4 Å². The molecule has 1 fully saturated rings. The predicted octanol–water partition coefficient (Wildman–Crippen LogP) is 3.42. The molecule has 10 heteroatoms. The third kappa shape index (κ3) is 4.28. The quantitative estimate of drug-likeness (QED) is 0.412. The highest BCUT2D eigenvalue weighted by Gasteiger charge is 2.44. The number of esters is 1. The molecule has 2 heterocycles. The Morgan fingerprint density at radius 2 is 1.97 bits per heavy atom. The van der Waals surface area contributed by atoms with Gasteiger partial charge in [-0.2, -0.15) is 4.68 Å². The number of ether oxygens (including phenoxy) is 1. The van der Waals surface area contributed by atoms with Gasteiger partial charge in [-0.05, 0) is 53.5 Å². The molecule has 2 aromatic carbocycles. The van der Waals surface area contributed by atoms with Gasteiger partial charge < -0.3 is 10.1 Å². The van der Waals surface area contributed by atoms with Crippen molar-refractivity contribution in [3.8, 4) is 5.69 Å². The van der Waals surface area contributed by atoms with Gasteiger partial charge in [-0.3, -0.25) is 4.90 Å². The number of amides is 2. The van der Waals surface area contributed by atoms with Crippen molar-refractivity contribution in [2.24, 2.45) is 0 Å². The van der Waals surface area contributed by atoms with Gasteiger partial charge in [-0.1, -0.05) is 54.2 Å². The lowest BCUT2D eigenvalue weighted by molar-refractivity contribution is -0.136. The van der Waals surface area contributed by atoms with E-state index in [0.29, 0.717) is 22.2 Å². The molecule has 1 aliphatic carbocycles. The van der Waals surface area contributed by atoms with Crippen LogP contribution in [0.15, 0.2) is 71.0 Å². The minimum atomic E-state index is -0.598. The van der Waals surface area contributed by atoms with E-state index in [1.54, 1.807) is 9.58 Å². The van der Waals surface area contributed by atoms with Crippen molar-refractivity contribution in [3.05, 3.63) is 77.0 Å². The minimum Gasteiger partial charge on any atom is -0.466 e. The van der Waals surface area contributed by atoms with E-state index in [2.05, 4.69) is 20.8 Å². The van der Waals surface area contributed by atoms with E-state index >= 15 is 0 Å². The third-order valence-electron chi connectivity index (χ3n) is 5.85. The second-order valence-electron chi connectivity index (χ2n) is 8.25. The number of rotatable bonds is 7. The van der Waals surface area contributed by atoms with Crippen molar-refractivity contribution in [1.29, 1.82) is 0 Å². The maximum absolute atomic E-state index is 13.2. The molecule has 1 aromatic heterocycles. The average molecular weight is 477 g/mol. The van der Waals surface area contributed by atoms with Crippen LogP contribution in [0.5, 0.6) is 0 Å². The molecule has 2 aliphatic rings. The van der Waals surface area contributed by atoms with Crippen LogP contribution >= 0.6 is 11.8 Å². The van der Waals surface area contributed by atoms with E-state index in [4.69, 9.17) is 4.74 Å². The lowest BCUT2D eigenvalue weighted by atomic mass is 9.95. The Hall–Kier alpha value is -3.66. The van der Waals surface area contributed by atoms with Crippen molar-refractivity contribution in [3.63, 3.8) is 0 Å². The molecule has 0 bridgehead atoms. The first-order valence-electron chi connectivity index (χ1n) is 11.0. The van der Waals surface area contributed by atoms with Crippen molar-refractivity contribution in [2.75, 3.05) is 12.9 Å². The number of hydrogen-bond acceptors (Lipinski definition) is 7. The highest BCUT2D eigenvalue weighted by molar-refractivity contribution is 7.99. The molecular weight excluding hydrogens is 452 g/mol. The molecule has 3 aromatic rings. The topological polar surface area (TPSA) is 102 Å². The largest absolute Gasteiger partial charge is 0.466 e. The smallest absolute Gasteiger partial charge is 0.338 e. The first kappa shape index (κ1) is 22.1. The lowest BCUT2D eigenvalue weighted by Crippen LogP contribution is -2.50. The second-order valence-corrected chi connectivity index (χ2v) is 9.19. The molecule has 5 rings (SSSR count). The summed E-state index contributed by atoms with van der Waals surface area (Å²) >= 11 is 1.38. The Labute approximate surface area is 201 Å². The number of benzene rings is 2. The molecule has 1 aliphatic heterocycles. The van der Waals surface area contributed by atoms with E-state index in [-0.39, 0.29) is 12.1 Å². The average Bonchev–Trinajstić information content (AvgIpc) is 3.58. The number of hydrogen-bond donors (Lipinski definition) is 1. The number of nitrogens with zero attached hydrogens (tertiary/aromatic N) is 5. The summed E-state index contributed by atoms with van der Waals surface area (Å²) < 4.78 is 6.83. The zero-order valence-corrected chi connectivity index (χ0v) is 19.7. The molecule has 34 heavy (non-hydrogen) atoms. The Morgan fingerprint density at radius 3 is 2.68 bits per heavy atom. The lowest BCUT2D eigenvalue weighted by Gasteiger charge is -2.36. The van der Waals surface area contributed by atoms with Crippen LogP contribution in [0.2, 0.25) is 0 Å². The van der Waals surface area contributed by atoms with Crippen LogP contribution in [-0.2, 0) is 9.53 Å². The fourth-order valence-electron chi connectivity index (χ4n) is 4.12. The summed E-state index contributed by atoms with van der Waals surface area (Å²) in [4.78, 5) is 27.9. The van der Waals surface area contributed by atoms with E-state index in [1.165, 1.54) is 18.9 Å². The SMILES string of the molecule is COC(=O)C1=C(CSc2nnnn2-c2cccc(C)c2)N(C2CC2)C(=O)N[C@H]1c1ccccc1. The fraction of sp³-hybridized carbons (Fsp3) is 0.292. The van der Waals surface area contributed by atoms with E-state index in [9.17, 15) is 9.59 Å². The van der Waals surface area contributed by atoms with E-state index in [0.717, 1.165) is 29.7 Å².